The number of rotatable bonds is 8. The van der Waals surface area contributed by atoms with Crippen LogP contribution in [0.2, 0.25) is 0 Å². The predicted octanol–water partition coefficient (Wildman–Crippen LogP) is 5.85. The Kier molecular flexibility index (Phi) is 7.69. The van der Waals surface area contributed by atoms with E-state index in [1.54, 1.807) is 19.1 Å². The number of halogens is 1. The van der Waals surface area contributed by atoms with E-state index in [2.05, 4.69) is 13.8 Å². The molecule has 2 aromatic rings. The van der Waals surface area contributed by atoms with E-state index in [1.807, 2.05) is 20.8 Å². The van der Waals surface area contributed by atoms with Gasteiger partial charge in [0.05, 0.1) is 24.5 Å². The normalized spacial score (nSPS) is 11.3. The molecule has 0 atom stereocenters. The highest BCUT2D eigenvalue weighted by Crippen LogP contribution is 2.37. The molecule has 152 valence electrons. The van der Waals surface area contributed by atoms with Crippen molar-refractivity contribution in [2.45, 2.75) is 60.0 Å². The van der Waals surface area contributed by atoms with Crippen LogP contribution in [0, 0.1) is 5.82 Å². The fourth-order valence-corrected chi connectivity index (χ4v) is 3.25. The number of pyridine rings is 1. The van der Waals surface area contributed by atoms with Crippen molar-refractivity contribution < 1.29 is 18.7 Å². The highest BCUT2D eigenvalue weighted by atomic mass is 19.1. The van der Waals surface area contributed by atoms with Crippen LogP contribution in [0.1, 0.15) is 80.7 Å². The Morgan fingerprint density at radius 1 is 1.00 bits per heavy atom. The Labute approximate surface area is 167 Å². The lowest BCUT2D eigenvalue weighted by molar-refractivity contribution is 0.0524. The molecule has 0 fully saturated rings. The van der Waals surface area contributed by atoms with Gasteiger partial charge in [-0.25, -0.2) is 9.18 Å². The minimum absolute atomic E-state index is 0.0252. The fourth-order valence-electron chi connectivity index (χ4n) is 3.25. The van der Waals surface area contributed by atoms with Gasteiger partial charge in [-0.05, 0) is 43.4 Å². The zero-order valence-electron chi connectivity index (χ0n) is 17.6. The van der Waals surface area contributed by atoms with E-state index >= 15 is 0 Å². The smallest absolute Gasteiger partial charge is 0.340 e. The van der Waals surface area contributed by atoms with Gasteiger partial charge in [-0.2, -0.15) is 0 Å². The molecule has 0 aliphatic rings. The molecule has 28 heavy (non-hydrogen) atoms. The SMILES string of the molecule is CCOCc1c(C(C)C)nc(C(C)C)c(C(=O)OCC)c1-c1ccc(F)cc1. The summed E-state index contributed by atoms with van der Waals surface area (Å²) in [7, 11) is 0. The number of hydrogen-bond donors (Lipinski definition) is 0. The summed E-state index contributed by atoms with van der Waals surface area (Å²) in [6.07, 6.45) is 0. The summed E-state index contributed by atoms with van der Waals surface area (Å²) >= 11 is 0. The Balaban J connectivity index is 2.93. The van der Waals surface area contributed by atoms with E-state index in [-0.39, 0.29) is 24.3 Å². The highest BCUT2D eigenvalue weighted by Gasteiger charge is 2.28. The van der Waals surface area contributed by atoms with Crippen LogP contribution in [-0.2, 0) is 16.1 Å². The molecule has 0 radical (unpaired) electrons. The van der Waals surface area contributed by atoms with Crippen LogP contribution in [-0.4, -0.2) is 24.2 Å². The van der Waals surface area contributed by atoms with Crippen LogP contribution < -0.4 is 0 Å². The van der Waals surface area contributed by atoms with E-state index < -0.39 is 5.97 Å². The molecule has 0 spiro atoms. The molecule has 4 nitrogen and oxygen atoms in total. The summed E-state index contributed by atoms with van der Waals surface area (Å²) in [5.41, 5.74) is 4.38. The number of esters is 1. The van der Waals surface area contributed by atoms with Crippen molar-refractivity contribution in [3.63, 3.8) is 0 Å². The highest BCUT2D eigenvalue weighted by molar-refractivity contribution is 5.99. The Morgan fingerprint density at radius 2 is 1.61 bits per heavy atom. The lowest BCUT2D eigenvalue weighted by Gasteiger charge is -2.24. The van der Waals surface area contributed by atoms with Crippen LogP contribution >= 0.6 is 0 Å². The molecule has 0 amide bonds. The number of nitrogens with zero attached hydrogens (tertiary/aromatic N) is 1. The third-order valence-electron chi connectivity index (χ3n) is 4.51. The molecular formula is C23H30FNO3. The average Bonchev–Trinajstić information content (AvgIpc) is 2.65. The summed E-state index contributed by atoms with van der Waals surface area (Å²) in [6, 6.07) is 6.19. The second kappa shape index (κ2) is 9.78. The maximum Gasteiger partial charge on any atom is 0.340 e. The zero-order chi connectivity index (χ0) is 20.8. The molecule has 0 aliphatic carbocycles. The van der Waals surface area contributed by atoms with Gasteiger partial charge < -0.3 is 9.47 Å². The maximum atomic E-state index is 13.6. The minimum atomic E-state index is -0.411. The van der Waals surface area contributed by atoms with Crippen LogP contribution in [0.4, 0.5) is 4.39 Å². The first kappa shape index (κ1) is 22.0. The van der Waals surface area contributed by atoms with Gasteiger partial charge in [0.25, 0.3) is 0 Å². The summed E-state index contributed by atoms with van der Waals surface area (Å²) < 4.78 is 24.7. The molecule has 1 aromatic carbocycles. The fraction of sp³-hybridized carbons (Fsp3) is 0.478. The second-order valence-corrected chi connectivity index (χ2v) is 7.28. The topological polar surface area (TPSA) is 48.4 Å². The molecule has 0 saturated heterocycles. The number of aromatic nitrogens is 1. The van der Waals surface area contributed by atoms with E-state index in [4.69, 9.17) is 14.5 Å². The van der Waals surface area contributed by atoms with Crippen LogP contribution in [0.15, 0.2) is 24.3 Å². The van der Waals surface area contributed by atoms with Gasteiger partial charge in [0.15, 0.2) is 0 Å². The third-order valence-corrected chi connectivity index (χ3v) is 4.51. The Bertz CT molecular complexity index is 814. The van der Waals surface area contributed by atoms with Gasteiger partial charge >= 0.3 is 5.97 Å². The summed E-state index contributed by atoms with van der Waals surface area (Å²) in [5, 5.41) is 0. The van der Waals surface area contributed by atoms with Crippen molar-refractivity contribution in [3.8, 4) is 11.1 Å². The number of hydrogen-bond acceptors (Lipinski definition) is 4. The van der Waals surface area contributed by atoms with Crippen LogP contribution in [0.3, 0.4) is 0 Å². The number of carbonyl (C=O) groups excluding carboxylic acids is 1. The van der Waals surface area contributed by atoms with Gasteiger partial charge in [0.1, 0.15) is 5.82 Å². The molecular weight excluding hydrogens is 357 g/mol. The molecule has 2 rings (SSSR count). The molecule has 0 N–H and O–H groups in total. The largest absolute Gasteiger partial charge is 0.462 e. The van der Waals surface area contributed by atoms with Crippen molar-refractivity contribution in [2.24, 2.45) is 0 Å². The number of carbonyl (C=O) groups is 1. The van der Waals surface area contributed by atoms with E-state index in [0.717, 1.165) is 22.4 Å². The minimum Gasteiger partial charge on any atom is -0.462 e. The first-order valence-corrected chi connectivity index (χ1v) is 9.89. The number of benzene rings is 1. The van der Waals surface area contributed by atoms with Crippen molar-refractivity contribution in [1.29, 1.82) is 0 Å². The first-order valence-electron chi connectivity index (χ1n) is 9.89. The van der Waals surface area contributed by atoms with Crippen LogP contribution in [0.25, 0.3) is 11.1 Å². The van der Waals surface area contributed by atoms with Gasteiger partial charge in [-0.15, -0.1) is 0 Å². The second-order valence-electron chi connectivity index (χ2n) is 7.28. The average molecular weight is 387 g/mol. The molecule has 5 heteroatoms. The maximum absolute atomic E-state index is 13.6. The first-order chi connectivity index (χ1) is 13.3. The Morgan fingerprint density at radius 3 is 2.11 bits per heavy atom. The third kappa shape index (κ3) is 4.76. The summed E-state index contributed by atoms with van der Waals surface area (Å²) in [6.45, 7) is 13.0. The Hall–Kier alpha value is -2.27. The molecule has 1 aromatic heterocycles. The summed E-state index contributed by atoms with van der Waals surface area (Å²) in [5.74, 6) is -0.568. The van der Waals surface area contributed by atoms with Crippen molar-refractivity contribution in [3.05, 3.63) is 52.6 Å². The van der Waals surface area contributed by atoms with Gasteiger partial charge in [-0.3, -0.25) is 4.98 Å². The van der Waals surface area contributed by atoms with Gasteiger partial charge in [-0.1, -0.05) is 39.8 Å². The summed E-state index contributed by atoms with van der Waals surface area (Å²) in [4.78, 5) is 17.8. The quantitative estimate of drug-likeness (QED) is 0.533. The molecule has 0 saturated carbocycles. The van der Waals surface area contributed by atoms with E-state index in [0.29, 0.717) is 24.5 Å². The molecule has 1 heterocycles. The van der Waals surface area contributed by atoms with Crippen molar-refractivity contribution in [2.75, 3.05) is 13.2 Å². The zero-order valence-corrected chi connectivity index (χ0v) is 17.6. The van der Waals surface area contributed by atoms with Crippen molar-refractivity contribution >= 4 is 5.97 Å². The van der Waals surface area contributed by atoms with E-state index in [9.17, 15) is 9.18 Å². The van der Waals surface area contributed by atoms with E-state index in [1.165, 1.54) is 12.1 Å². The van der Waals surface area contributed by atoms with Gasteiger partial charge in [0.2, 0.25) is 0 Å². The van der Waals surface area contributed by atoms with Gasteiger partial charge in [0, 0.05) is 23.4 Å². The standard InChI is InChI=1S/C23H30FNO3/c1-7-27-13-18-19(16-9-11-17(24)12-10-16)20(23(26)28-8-2)22(15(5)6)25-21(18)14(3)4/h9-12,14-15H,7-8,13H2,1-6H3. The molecule has 0 aliphatic heterocycles. The van der Waals surface area contributed by atoms with Crippen molar-refractivity contribution in [1.82, 2.24) is 4.98 Å². The lowest BCUT2D eigenvalue weighted by atomic mass is 9.87. The monoisotopic (exact) mass is 387 g/mol. The molecule has 0 unspecified atom stereocenters. The number of ether oxygens (including phenoxy) is 2. The lowest BCUT2D eigenvalue weighted by Crippen LogP contribution is -2.18. The van der Waals surface area contributed by atoms with Crippen LogP contribution in [0.5, 0.6) is 0 Å². The molecule has 0 bridgehead atoms. The predicted molar refractivity (Wildman–Crippen MR) is 109 cm³/mol.